The molecule has 0 saturated carbocycles. The van der Waals surface area contributed by atoms with Gasteiger partial charge in [-0.05, 0) is 42.0 Å². The van der Waals surface area contributed by atoms with Crippen molar-refractivity contribution in [2.45, 2.75) is 17.2 Å². The Bertz CT molecular complexity index is 1600. The van der Waals surface area contributed by atoms with Gasteiger partial charge in [-0.1, -0.05) is 24.3 Å². The van der Waals surface area contributed by atoms with Crippen molar-refractivity contribution in [2.24, 2.45) is 0 Å². The van der Waals surface area contributed by atoms with Crippen molar-refractivity contribution < 1.29 is 22.7 Å². The smallest absolute Gasteiger partial charge is 0.257 e. The number of amides is 1. The molecule has 5 rings (SSSR count). The van der Waals surface area contributed by atoms with Gasteiger partial charge in [0.05, 0.1) is 41.6 Å². The van der Waals surface area contributed by atoms with E-state index in [9.17, 15) is 13.2 Å². The molecule has 1 amide bonds. The van der Waals surface area contributed by atoms with Crippen LogP contribution in [0.2, 0.25) is 0 Å². The maximum atomic E-state index is 13.4. The Labute approximate surface area is 227 Å². The zero-order chi connectivity index (χ0) is 27.4. The van der Waals surface area contributed by atoms with Gasteiger partial charge >= 0.3 is 0 Å². The number of para-hydroxylation sites is 1. The summed E-state index contributed by atoms with van der Waals surface area (Å²) in [4.78, 5) is 26.3. The normalized spacial score (nSPS) is 14.4. The number of ether oxygens (including phenoxy) is 2. The number of sulfone groups is 1. The Morgan fingerprint density at radius 1 is 0.872 bits per heavy atom. The lowest BCUT2D eigenvalue weighted by atomic mass is 10.1. The summed E-state index contributed by atoms with van der Waals surface area (Å²) in [6.07, 6.45) is 3.33. The summed E-state index contributed by atoms with van der Waals surface area (Å²) in [5, 5.41) is 0.761. The molecular formula is C29H30N4O5S. The van der Waals surface area contributed by atoms with Crippen LogP contribution >= 0.6 is 0 Å². The zero-order valence-corrected chi connectivity index (χ0v) is 22.7. The van der Waals surface area contributed by atoms with Gasteiger partial charge < -0.3 is 14.4 Å². The summed E-state index contributed by atoms with van der Waals surface area (Å²) in [6.45, 7) is 3.15. The van der Waals surface area contributed by atoms with E-state index in [-0.39, 0.29) is 16.6 Å². The fourth-order valence-corrected chi connectivity index (χ4v) is 6.37. The van der Waals surface area contributed by atoms with E-state index in [1.807, 2.05) is 24.3 Å². The molecule has 202 valence electrons. The molecule has 4 aromatic rings. The maximum Gasteiger partial charge on any atom is 0.257 e. The molecule has 0 spiro atoms. The van der Waals surface area contributed by atoms with Gasteiger partial charge in [0.15, 0.2) is 9.84 Å². The topological polar surface area (TPSA) is 102 Å². The number of rotatable bonds is 8. The van der Waals surface area contributed by atoms with Crippen LogP contribution in [0.3, 0.4) is 0 Å². The summed E-state index contributed by atoms with van der Waals surface area (Å²) in [7, 11) is -0.574. The number of hydrogen-bond acceptors (Lipinski definition) is 8. The lowest BCUT2D eigenvalue weighted by Crippen LogP contribution is -2.48. The highest BCUT2D eigenvalue weighted by Gasteiger charge is 2.26. The molecule has 0 bridgehead atoms. The largest absolute Gasteiger partial charge is 0.496 e. The second-order valence-electron chi connectivity index (χ2n) is 9.35. The average Bonchev–Trinajstić information content (AvgIpc) is 2.97. The van der Waals surface area contributed by atoms with E-state index < -0.39 is 9.84 Å². The minimum atomic E-state index is -3.69. The lowest BCUT2D eigenvalue weighted by molar-refractivity contribution is 0.0622. The molecular weight excluding hydrogens is 516 g/mol. The van der Waals surface area contributed by atoms with Crippen LogP contribution in [0.4, 0.5) is 0 Å². The van der Waals surface area contributed by atoms with Crippen LogP contribution in [0.1, 0.15) is 21.6 Å². The van der Waals surface area contributed by atoms with Crippen molar-refractivity contribution >= 4 is 26.6 Å². The van der Waals surface area contributed by atoms with Crippen LogP contribution in [0, 0.1) is 0 Å². The van der Waals surface area contributed by atoms with Gasteiger partial charge in [0, 0.05) is 50.5 Å². The fourth-order valence-electron chi connectivity index (χ4n) is 4.85. The van der Waals surface area contributed by atoms with Gasteiger partial charge in [-0.3, -0.25) is 19.7 Å². The third kappa shape index (κ3) is 5.71. The first-order valence-corrected chi connectivity index (χ1v) is 14.3. The van der Waals surface area contributed by atoms with Crippen LogP contribution in [0.15, 0.2) is 78.0 Å². The number of methoxy groups -OCH3 is 2. The van der Waals surface area contributed by atoms with Gasteiger partial charge in [0.25, 0.3) is 5.91 Å². The molecule has 2 aromatic carbocycles. The maximum absolute atomic E-state index is 13.4. The van der Waals surface area contributed by atoms with E-state index in [1.165, 1.54) is 7.11 Å². The molecule has 0 N–H and O–H groups in total. The van der Waals surface area contributed by atoms with Gasteiger partial charge in [-0.25, -0.2) is 8.42 Å². The Morgan fingerprint density at radius 3 is 2.36 bits per heavy atom. The van der Waals surface area contributed by atoms with Gasteiger partial charge in [-0.15, -0.1) is 0 Å². The van der Waals surface area contributed by atoms with Gasteiger partial charge in [0.2, 0.25) is 0 Å². The number of hydrogen-bond donors (Lipinski definition) is 0. The highest BCUT2D eigenvalue weighted by molar-refractivity contribution is 7.90. The highest BCUT2D eigenvalue weighted by atomic mass is 32.2. The van der Waals surface area contributed by atoms with E-state index in [1.54, 1.807) is 60.8 Å². The summed E-state index contributed by atoms with van der Waals surface area (Å²) in [6, 6.07) is 17.4. The third-order valence-corrected chi connectivity index (χ3v) is 8.60. The predicted molar refractivity (Wildman–Crippen MR) is 148 cm³/mol. The highest BCUT2D eigenvalue weighted by Crippen LogP contribution is 2.28. The molecule has 9 nitrogen and oxygen atoms in total. The molecule has 1 aliphatic rings. The molecule has 0 radical (unpaired) electrons. The van der Waals surface area contributed by atoms with E-state index >= 15 is 0 Å². The minimum Gasteiger partial charge on any atom is -0.496 e. The zero-order valence-electron chi connectivity index (χ0n) is 21.9. The van der Waals surface area contributed by atoms with Crippen LogP contribution in [-0.4, -0.2) is 74.5 Å². The molecule has 39 heavy (non-hydrogen) atoms. The molecule has 1 aliphatic heterocycles. The number of nitrogens with zero attached hydrogens (tertiary/aromatic N) is 4. The first-order valence-electron chi connectivity index (χ1n) is 12.6. The molecule has 1 fully saturated rings. The first kappa shape index (κ1) is 26.6. The third-order valence-electron chi connectivity index (χ3n) is 6.89. The van der Waals surface area contributed by atoms with E-state index in [0.29, 0.717) is 55.1 Å². The molecule has 2 aromatic heterocycles. The molecule has 10 heteroatoms. The van der Waals surface area contributed by atoms with Gasteiger partial charge in [0.1, 0.15) is 11.5 Å². The van der Waals surface area contributed by atoms with Crippen LogP contribution in [0.25, 0.3) is 10.9 Å². The van der Waals surface area contributed by atoms with Crippen LogP contribution in [0.5, 0.6) is 11.5 Å². The number of carbonyl (C=O) groups excluding carboxylic acids is 1. The molecule has 0 atom stereocenters. The summed E-state index contributed by atoms with van der Waals surface area (Å²) < 4.78 is 37.6. The second kappa shape index (κ2) is 11.4. The SMILES string of the molecule is COc1cc(CS(=O)(=O)c2cccc3cccnc23)ccc1C(=O)N1CCN(Cc2ncccc2OC)CC1. The summed E-state index contributed by atoms with van der Waals surface area (Å²) >= 11 is 0. The van der Waals surface area contributed by atoms with E-state index in [0.717, 1.165) is 16.8 Å². The monoisotopic (exact) mass is 546 g/mol. The Kier molecular flexibility index (Phi) is 7.76. The van der Waals surface area contributed by atoms with Gasteiger partial charge in [-0.2, -0.15) is 0 Å². The average molecular weight is 547 g/mol. The van der Waals surface area contributed by atoms with E-state index in [2.05, 4.69) is 14.9 Å². The standard InChI is InChI=1S/C29H30N4O5S/c1-37-25-8-5-12-30-24(25)19-32-14-16-33(17-15-32)29(34)23-11-10-21(18-26(23)38-2)20-39(35,36)27-9-3-6-22-7-4-13-31-28(22)27/h3-13,18H,14-17,19-20H2,1-2H3. The van der Waals surface area contributed by atoms with Crippen LogP contribution in [-0.2, 0) is 22.1 Å². The molecule has 0 aliphatic carbocycles. The van der Waals surface area contributed by atoms with E-state index in [4.69, 9.17) is 9.47 Å². The Hall–Kier alpha value is -4.02. The Balaban J connectivity index is 1.28. The number of carbonyl (C=O) groups is 1. The number of benzene rings is 2. The molecule has 0 unspecified atom stereocenters. The van der Waals surface area contributed by atoms with Crippen molar-refractivity contribution in [1.82, 2.24) is 19.8 Å². The lowest BCUT2D eigenvalue weighted by Gasteiger charge is -2.35. The molecule has 3 heterocycles. The van der Waals surface area contributed by atoms with Crippen molar-refractivity contribution in [3.63, 3.8) is 0 Å². The summed E-state index contributed by atoms with van der Waals surface area (Å²) in [5.41, 5.74) is 2.25. The number of aromatic nitrogens is 2. The quantitative estimate of drug-likeness (QED) is 0.331. The van der Waals surface area contributed by atoms with Crippen molar-refractivity contribution in [1.29, 1.82) is 0 Å². The van der Waals surface area contributed by atoms with Crippen molar-refractivity contribution in [2.75, 3.05) is 40.4 Å². The summed E-state index contributed by atoms with van der Waals surface area (Å²) in [5.74, 6) is 0.724. The Morgan fingerprint density at radius 2 is 1.59 bits per heavy atom. The van der Waals surface area contributed by atoms with Crippen LogP contribution < -0.4 is 9.47 Å². The number of piperazine rings is 1. The molecule has 1 saturated heterocycles. The second-order valence-corrected chi connectivity index (χ2v) is 11.3. The first-order chi connectivity index (χ1) is 18.9. The minimum absolute atomic E-state index is 0.144. The van der Waals surface area contributed by atoms with Crippen molar-refractivity contribution in [3.05, 3.63) is 89.9 Å². The fraction of sp³-hybridized carbons (Fsp3) is 0.276. The predicted octanol–water partition coefficient (Wildman–Crippen LogP) is 3.58. The number of pyridine rings is 2. The number of fused-ring (bicyclic) bond motifs is 1. The van der Waals surface area contributed by atoms with Crippen molar-refractivity contribution in [3.8, 4) is 11.5 Å².